The molecule has 1 unspecified atom stereocenters. The van der Waals surface area contributed by atoms with Gasteiger partial charge in [-0.2, -0.15) is 0 Å². The number of anilines is 1. The molecular formula is C26H27N3O4. The smallest absolute Gasteiger partial charge is 0.279 e. The van der Waals surface area contributed by atoms with Crippen LogP contribution in [0.3, 0.4) is 0 Å². The van der Waals surface area contributed by atoms with Gasteiger partial charge in [0.2, 0.25) is 0 Å². The van der Waals surface area contributed by atoms with Crippen molar-refractivity contribution in [3.05, 3.63) is 95.1 Å². The Morgan fingerprint density at radius 1 is 0.848 bits per heavy atom. The van der Waals surface area contributed by atoms with E-state index in [-0.39, 0.29) is 5.91 Å². The average molecular weight is 446 g/mol. The van der Waals surface area contributed by atoms with Gasteiger partial charge < -0.3 is 10.1 Å². The van der Waals surface area contributed by atoms with Crippen LogP contribution in [-0.2, 0) is 4.79 Å². The average Bonchev–Trinajstić information content (AvgIpc) is 2.81. The lowest BCUT2D eigenvalue weighted by Gasteiger charge is -2.18. The molecule has 3 N–H and O–H groups in total. The number of carbonyl (C=O) groups excluding carboxylic acids is 3. The summed E-state index contributed by atoms with van der Waals surface area (Å²) in [6.45, 7) is 5.63. The highest BCUT2D eigenvalue weighted by Gasteiger charge is 2.19. The molecule has 0 aliphatic carbocycles. The number of hydrazine groups is 1. The van der Waals surface area contributed by atoms with E-state index in [4.69, 9.17) is 4.74 Å². The van der Waals surface area contributed by atoms with Crippen LogP contribution >= 0.6 is 0 Å². The number of amides is 3. The van der Waals surface area contributed by atoms with Crippen LogP contribution in [0.2, 0.25) is 0 Å². The van der Waals surface area contributed by atoms with Crippen molar-refractivity contribution in [2.45, 2.75) is 33.3 Å². The fraction of sp³-hybridized carbons (Fsp3) is 0.192. The summed E-state index contributed by atoms with van der Waals surface area (Å²) in [7, 11) is 0. The highest BCUT2D eigenvalue weighted by molar-refractivity contribution is 6.05. The van der Waals surface area contributed by atoms with Crippen LogP contribution in [0.1, 0.15) is 45.2 Å². The molecule has 7 nitrogen and oxygen atoms in total. The predicted octanol–water partition coefficient (Wildman–Crippen LogP) is 4.17. The Hall–Kier alpha value is -4.13. The van der Waals surface area contributed by atoms with Crippen LogP contribution < -0.4 is 20.9 Å². The summed E-state index contributed by atoms with van der Waals surface area (Å²) >= 11 is 0. The lowest BCUT2D eigenvalue weighted by molar-refractivity contribution is -0.128. The van der Waals surface area contributed by atoms with Gasteiger partial charge in [0.05, 0.1) is 0 Å². The largest absolute Gasteiger partial charge is 0.481 e. The first-order valence-corrected chi connectivity index (χ1v) is 10.7. The highest BCUT2D eigenvalue weighted by Crippen LogP contribution is 2.16. The zero-order valence-electron chi connectivity index (χ0n) is 18.8. The molecule has 3 aromatic carbocycles. The number of carbonyl (C=O) groups is 3. The minimum absolute atomic E-state index is 0.225. The minimum atomic E-state index is -0.744. The molecule has 0 radical (unpaired) electrons. The zero-order chi connectivity index (χ0) is 23.8. The molecule has 0 aromatic heterocycles. The van der Waals surface area contributed by atoms with Gasteiger partial charge in [0.15, 0.2) is 6.10 Å². The molecule has 0 bridgehead atoms. The van der Waals surface area contributed by atoms with Crippen molar-refractivity contribution in [3.63, 3.8) is 0 Å². The van der Waals surface area contributed by atoms with E-state index < -0.39 is 17.9 Å². The van der Waals surface area contributed by atoms with E-state index in [0.717, 1.165) is 11.1 Å². The summed E-state index contributed by atoms with van der Waals surface area (Å²) < 4.78 is 5.74. The van der Waals surface area contributed by atoms with Crippen LogP contribution in [0.25, 0.3) is 0 Å². The summed E-state index contributed by atoms with van der Waals surface area (Å²) in [6.07, 6.45) is -0.309. The van der Waals surface area contributed by atoms with E-state index in [9.17, 15) is 14.4 Å². The van der Waals surface area contributed by atoms with E-state index in [2.05, 4.69) is 16.2 Å². The van der Waals surface area contributed by atoms with Gasteiger partial charge in [0, 0.05) is 16.8 Å². The van der Waals surface area contributed by atoms with Gasteiger partial charge in [-0.25, -0.2) is 0 Å². The first-order chi connectivity index (χ1) is 15.9. The highest BCUT2D eigenvalue weighted by atomic mass is 16.5. The van der Waals surface area contributed by atoms with Gasteiger partial charge >= 0.3 is 0 Å². The van der Waals surface area contributed by atoms with Crippen LogP contribution in [-0.4, -0.2) is 23.8 Å². The molecule has 33 heavy (non-hydrogen) atoms. The maximum atomic E-state index is 12.4. The van der Waals surface area contributed by atoms with Crippen molar-refractivity contribution >= 4 is 23.4 Å². The molecule has 1 atom stereocenters. The van der Waals surface area contributed by atoms with E-state index in [0.29, 0.717) is 29.0 Å². The first kappa shape index (κ1) is 23.5. The third-order valence-corrected chi connectivity index (χ3v) is 5.02. The predicted molar refractivity (Wildman–Crippen MR) is 127 cm³/mol. The van der Waals surface area contributed by atoms with Crippen LogP contribution in [0.15, 0.2) is 72.8 Å². The van der Waals surface area contributed by atoms with Gasteiger partial charge in [0.25, 0.3) is 17.7 Å². The Morgan fingerprint density at radius 3 is 2.24 bits per heavy atom. The number of hydrogen-bond acceptors (Lipinski definition) is 4. The van der Waals surface area contributed by atoms with E-state index in [1.54, 1.807) is 42.5 Å². The Labute approximate surface area is 193 Å². The van der Waals surface area contributed by atoms with Crippen LogP contribution in [0.5, 0.6) is 5.75 Å². The number of benzene rings is 3. The summed E-state index contributed by atoms with van der Waals surface area (Å²) in [5.74, 6) is -0.566. The maximum absolute atomic E-state index is 12.4. The van der Waals surface area contributed by atoms with Crippen LogP contribution in [0, 0.1) is 13.8 Å². The van der Waals surface area contributed by atoms with Crippen molar-refractivity contribution in [1.29, 1.82) is 0 Å². The Morgan fingerprint density at radius 2 is 1.58 bits per heavy atom. The monoisotopic (exact) mass is 445 g/mol. The molecule has 170 valence electrons. The van der Waals surface area contributed by atoms with Gasteiger partial charge in [-0.05, 0) is 73.9 Å². The number of hydrogen-bond donors (Lipinski definition) is 3. The fourth-order valence-electron chi connectivity index (χ4n) is 3.18. The van der Waals surface area contributed by atoms with Gasteiger partial charge in [-0.15, -0.1) is 0 Å². The molecule has 3 aromatic rings. The summed E-state index contributed by atoms with van der Waals surface area (Å²) in [5, 5.41) is 2.81. The van der Waals surface area contributed by atoms with E-state index in [1.807, 2.05) is 51.1 Å². The first-order valence-electron chi connectivity index (χ1n) is 10.7. The molecule has 0 fully saturated rings. The third kappa shape index (κ3) is 6.43. The van der Waals surface area contributed by atoms with Gasteiger partial charge in [-0.3, -0.25) is 25.2 Å². The molecule has 3 rings (SSSR count). The summed E-state index contributed by atoms with van der Waals surface area (Å²) in [4.78, 5) is 37.3. The molecule has 7 heteroatoms. The maximum Gasteiger partial charge on any atom is 0.279 e. The zero-order valence-corrected chi connectivity index (χ0v) is 18.8. The van der Waals surface area contributed by atoms with Crippen molar-refractivity contribution in [2.75, 3.05) is 5.32 Å². The summed E-state index contributed by atoms with van der Waals surface area (Å²) in [6, 6.07) is 21.1. The minimum Gasteiger partial charge on any atom is -0.481 e. The molecule has 0 heterocycles. The lowest BCUT2D eigenvalue weighted by atomic mass is 10.1. The van der Waals surface area contributed by atoms with Gasteiger partial charge in [-0.1, -0.05) is 37.3 Å². The second kappa shape index (κ2) is 10.9. The number of ether oxygens (including phenoxy) is 1. The van der Waals surface area contributed by atoms with Crippen molar-refractivity contribution in [1.82, 2.24) is 10.9 Å². The molecule has 0 saturated carbocycles. The quantitative estimate of drug-likeness (QED) is 0.476. The topological polar surface area (TPSA) is 96.5 Å². The summed E-state index contributed by atoms with van der Waals surface area (Å²) in [5.41, 5.74) is 8.17. The molecule has 0 aliphatic heterocycles. The Balaban J connectivity index is 1.54. The fourth-order valence-corrected chi connectivity index (χ4v) is 3.18. The Bertz CT molecular complexity index is 1140. The van der Waals surface area contributed by atoms with Crippen molar-refractivity contribution < 1.29 is 19.1 Å². The number of aryl methyl sites for hydroxylation is 2. The van der Waals surface area contributed by atoms with Crippen molar-refractivity contribution in [2.24, 2.45) is 0 Å². The lowest BCUT2D eigenvalue weighted by Crippen LogP contribution is -2.47. The molecular weight excluding hydrogens is 418 g/mol. The normalized spacial score (nSPS) is 11.2. The molecule has 0 aliphatic rings. The molecule has 0 spiro atoms. The Kier molecular flexibility index (Phi) is 7.81. The molecule has 0 saturated heterocycles. The second-order valence-corrected chi connectivity index (χ2v) is 7.62. The second-order valence-electron chi connectivity index (χ2n) is 7.62. The standard InChI is InChI=1S/C26H27N3O4/c1-4-23(33-21-10-7-8-17(2)16-21)26(32)29-28-24(30)19-12-14-20(15-13-19)27-25(31)22-11-6-5-9-18(22)3/h5-16,23H,4H2,1-3H3,(H,27,31)(H,28,30)(H,29,32). The molecule has 3 amide bonds. The number of nitrogens with one attached hydrogen (secondary N) is 3. The van der Waals surface area contributed by atoms with E-state index >= 15 is 0 Å². The SMILES string of the molecule is CCC(Oc1cccc(C)c1)C(=O)NNC(=O)c1ccc(NC(=O)c2ccccc2C)cc1. The van der Waals surface area contributed by atoms with Crippen molar-refractivity contribution in [3.8, 4) is 5.75 Å². The third-order valence-electron chi connectivity index (χ3n) is 5.02. The van der Waals surface area contributed by atoms with Crippen LogP contribution in [0.4, 0.5) is 5.69 Å². The van der Waals surface area contributed by atoms with Gasteiger partial charge in [0.1, 0.15) is 5.75 Å². The van der Waals surface area contributed by atoms with E-state index in [1.165, 1.54) is 0 Å². The number of rotatable bonds is 7.